The van der Waals surface area contributed by atoms with Crippen molar-refractivity contribution in [1.82, 2.24) is 4.90 Å². The molecule has 1 saturated heterocycles. The number of aliphatic carboxylic acids is 1. The number of carbonyl (C=O) groups excluding carboxylic acids is 1. The van der Waals surface area contributed by atoms with Gasteiger partial charge in [-0.15, -0.1) is 0 Å². The van der Waals surface area contributed by atoms with E-state index in [2.05, 4.69) is 0 Å². The van der Waals surface area contributed by atoms with Gasteiger partial charge in [0, 0.05) is 13.0 Å². The largest absolute Gasteiger partial charge is 0.480 e. The van der Waals surface area contributed by atoms with Crippen molar-refractivity contribution in [2.75, 3.05) is 13.2 Å². The van der Waals surface area contributed by atoms with Crippen molar-refractivity contribution in [3.8, 4) is 0 Å². The molecule has 6 heteroatoms. The fraction of sp³-hybridized carbons (Fsp3) is 0.529. The Kier molecular flexibility index (Phi) is 4.81. The summed E-state index contributed by atoms with van der Waals surface area (Å²) in [5.41, 5.74) is 0.869. The van der Waals surface area contributed by atoms with Gasteiger partial charge in [0.2, 0.25) is 0 Å². The number of carboxylic acid groups (broad SMARTS) is 1. The summed E-state index contributed by atoms with van der Waals surface area (Å²) in [5, 5.41) is 9.32. The second-order valence-electron chi connectivity index (χ2n) is 6.18. The summed E-state index contributed by atoms with van der Waals surface area (Å²) in [6.07, 6.45) is 1.86. The number of likely N-dealkylation sites (tertiary alicyclic amines) is 1. The number of nitrogens with zero attached hydrogens (tertiary/aromatic N) is 1. The van der Waals surface area contributed by atoms with Crippen LogP contribution >= 0.6 is 0 Å². The number of hydrogen-bond acceptors (Lipinski definition) is 4. The van der Waals surface area contributed by atoms with Crippen LogP contribution < -0.4 is 0 Å². The van der Waals surface area contributed by atoms with E-state index in [0.717, 1.165) is 5.56 Å². The van der Waals surface area contributed by atoms with Gasteiger partial charge in [-0.3, -0.25) is 4.90 Å². The molecule has 0 radical (unpaired) electrons. The molecule has 0 aromatic heterocycles. The van der Waals surface area contributed by atoms with Crippen LogP contribution in [-0.4, -0.2) is 47.4 Å². The first-order valence-corrected chi connectivity index (χ1v) is 7.95. The molecule has 0 bridgehead atoms. The first-order valence-electron chi connectivity index (χ1n) is 7.95. The molecule has 1 amide bonds. The minimum Gasteiger partial charge on any atom is -0.480 e. The zero-order valence-corrected chi connectivity index (χ0v) is 12.9. The number of benzene rings is 1. The van der Waals surface area contributed by atoms with Gasteiger partial charge in [-0.1, -0.05) is 30.3 Å². The summed E-state index contributed by atoms with van der Waals surface area (Å²) in [7, 11) is 0. The molecule has 1 aliphatic carbocycles. The molecule has 1 heterocycles. The first kappa shape index (κ1) is 15.8. The Morgan fingerprint density at radius 1 is 1.22 bits per heavy atom. The average molecular weight is 319 g/mol. The van der Waals surface area contributed by atoms with Gasteiger partial charge < -0.3 is 14.6 Å². The van der Waals surface area contributed by atoms with Gasteiger partial charge in [-0.25, -0.2) is 9.59 Å². The summed E-state index contributed by atoms with van der Waals surface area (Å²) in [4.78, 5) is 24.9. The summed E-state index contributed by atoms with van der Waals surface area (Å²) >= 11 is 0. The molecule has 124 valence electrons. The third-order valence-electron chi connectivity index (χ3n) is 4.25. The molecule has 3 rings (SSSR count). The fourth-order valence-electron chi connectivity index (χ4n) is 2.71. The van der Waals surface area contributed by atoms with Gasteiger partial charge in [0.05, 0.1) is 12.6 Å². The van der Waals surface area contributed by atoms with Gasteiger partial charge in [0.25, 0.3) is 0 Å². The molecule has 2 atom stereocenters. The van der Waals surface area contributed by atoms with Crippen molar-refractivity contribution in [1.29, 1.82) is 0 Å². The Labute approximate surface area is 135 Å². The van der Waals surface area contributed by atoms with Crippen molar-refractivity contribution in [2.45, 2.75) is 38.0 Å². The van der Waals surface area contributed by atoms with E-state index in [-0.39, 0.29) is 19.3 Å². The van der Waals surface area contributed by atoms with Crippen LogP contribution in [-0.2, 0) is 20.9 Å². The maximum Gasteiger partial charge on any atom is 0.410 e. The highest BCUT2D eigenvalue weighted by Crippen LogP contribution is 2.31. The molecule has 6 nitrogen and oxygen atoms in total. The van der Waals surface area contributed by atoms with Crippen molar-refractivity contribution in [3.63, 3.8) is 0 Å². The van der Waals surface area contributed by atoms with Crippen LogP contribution in [0.3, 0.4) is 0 Å². The molecule has 1 saturated carbocycles. The topological polar surface area (TPSA) is 76.1 Å². The minimum atomic E-state index is -1.01. The summed E-state index contributed by atoms with van der Waals surface area (Å²) in [6, 6.07) is 8.44. The SMILES string of the molecule is O=C(O)[C@@H]1CC(OCC2CC2)CN1C(=O)OCc1ccccc1. The number of carbonyl (C=O) groups is 2. The van der Waals surface area contributed by atoms with E-state index in [4.69, 9.17) is 9.47 Å². The number of amides is 1. The average Bonchev–Trinajstić information content (AvgIpc) is 3.29. The van der Waals surface area contributed by atoms with Gasteiger partial charge in [-0.05, 0) is 24.3 Å². The van der Waals surface area contributed by atoms with Crippen LogP contribution in [0.15, 0.2) is 30.3 Å². The highest BCUT2D eigenvalue weighted by atomic mass is 16.6. The molecule has 1 unspecified atom stereocenters. The molecule has 2 aliphatic rings. The molecule has 1 aromatic carbocycles. The van der Waals surface area contributed by atoms with E-state index in [0.29, 0.717) is 18.9 Å². The number of rotatable bonds is 6. The maximum atomic E-state index is 12.2. The fourth-order valence-corrected chi connectivity index (χ4v) is 2.71. The van der Waals surface area contributed by atoms with Crippen LogP contribution in [0.5, 0.6) is 0 Å². The molecular weight excluding hydrogens is 298 g/mol. The first-order chi connectivity index (χ1) is 11.1. The van der Waals surface area contributed by atoms with E-state index in [1.54, 1.807) is 0 Å². The second kappa shape index (κ2) is 7.00. The minimum absolute atomic E-state index is 0.135. The Balaban J connectivity index is 1.54. The Bertz CT molecular complexity index is 557. The van der Waals surface area contributed by atoms with Crippen molar-refractivity contribution < 1.29 is 24.2 Å². The van der Waals surface area contributed by atoms with E-state index < -0.39 is 18.1 Å². The summed E-state index contributed by atoms with van der Waals surface area (Å²) < 4.78 is 11.0. The van der Waals surface area contributed by atoms with Gasteiger partial charge in [-0.2, -0.15) is 0 Å². The highest BCUT2D eigenvalue weighted by molar-refractivity contribution is 5.80. The van der Waals surface area contributed by atoms with E-state index >= 15 is 0 Å². The Morgan fingerprint density at radius 2 is 1.96 bits per heavy atom. The van der Waals surface area contributed by atoms with Gasteiger partial charge in [0.1, 0.15) is 12.6 Å². The van der Waals surface area contributed by atoms with Crippen LogP contribution in [0, 0.1) is 5.92 Å². The van der Waals surface area contributed by atoms with Crippen LogP contribution in [0.4, 0.5) is 4.79 Å². The molecule has 1 aromatic rings. The van der Waals surface area contributed by atoms with E-state index in [9.17, 15) is 14.7 Å². The third-order valence-corrected chi connectivity index (χ3v) is 4.25. The van der Waals surface area contributed by atoms with Crippen molar-refractivity contribution >= 4 is 12.1 Å². The lowest BCUT2D eigenvalue weighted by atomic mass is 10.2. The number of ether oxygens (including phenoxy) is 2. The van der Waals surface area contributed by atoms with Crippen molar-refractivity contribution in [2.24, 2.45) is 5.92 Å². The maximum absolute atomic E-state index is 12.2. The van der Waals surface area contributed by atoms with E-state index in [1.807, 2.05) is 30.3 Å². The summed E-state index contributed by atoms with van der Waals surface area (Å²) in [5.74, 6) is -0.406. The Morgan fingerprint density at radius 3 is 2.61 bits per heavy atom. The molecule has 2 fully saturated rings. The number of hydrogen-bond donors (Lipinski definition) is 1. The predicted octanol–water partition coefficient (Wildman–Crippen LogP) is 2.28. The van der Waals surface area contributed by atoms with Crippen LogP contribution in [0.1, 0.15) is 24.8 Å². The predicted molar refractivity (Wildman–Crippen MR) is 81.8 cm³/mol. The number of carboxylic acids is 1. The molecular formula is C17H21NO5. The third kappa shape index (κ3) is 4.22. The highest BCUT2D eigenvalue weighted by Gasteiger charge is 2.41. The second-order valence-corrected chi connectivity index (χ2v) is 6.18. The molecule has 1 aliphatic heterocycles. The standard InChI is InChI=1S/C17H21NO5/c19-16(20)15-8-14(22-10-13-6-7-13)9-18(15)17(21)23-11-12-4-2-1-3-5-12/h1-5,13-15H,6-11H2,(H,19,20)/t14?,15-/m0/s1. The van der Waals surface area contributed by atoms with Crippen LogP contribution in [0.25, 0.3) is 0 Å². The monoisotopic (exact) mass is 319 g/mol. The smallest absolute Gasteiger partial charge is 0.410 e. The van der Waals surface area contributed by atoms with E-state index in [1.165, 1.54) is 17.7 Å². The normalized spacial score (nSPS) is 23.7. The lowest BCUT2D eigenvalue weighted by molar-refractivity contribution is -0.141. The summed E-state index contributed by atoms with van der Waals surface area (Å²) in [6.45, 7) is 1.07. The Hall–Kier alpha value is -2.08. The zero-order chi connectivity index (χ0) is 16.2. The molecule has 0 spiro atoms. The molecule has 1 N–H and O–H groups in total. The van der Waals surface area contributed by atoms with Gasteiger partial charge >= 0.3 is 12.1 Å². The van der Waals surface area contributed by atoms with Crippen molar-refractivity contribution in [3.05, 3.63) is 35.9 Å². The van der Waals surface area contributed by atoms with Gasteiger partial charge in [0.15, 0.2) is 0 Å². The lowest BCUT2D eigenvalue weighted by Gasteiger charge is -2.20. The quantitative estimate of drug-likeness (QED) is 0.870. The lowest BCUT2D eigenvalue weighted by Crippen LogP contribution is -2.40. The molecule has 23 heavy (non-hydrogen) atoms. The zero-order valence-electron chi connectivity index (χ0n) is 12.9. The van der Waals surface area contributed by atoms with Crippen LogP contribution in [0.2, 0.25) is 0 Å².